The monoisotopic (exact) mass is 306 g/mol. The van der Waals surface area contributed by atoms with Gasteiger partial charge in [-0.2, -0.15) is 0 Å². The summed E-state index contributed by atoms with van der Waals surface area (Å²) in [4.78, 5) is 12.3. The van der Waals surface area contributed by atoms with Crippen LogP contribution in [-0.2, 0) is 4.79 Å². The van der Waals surface area contributed by atoms with Crippen molar-refractivity contribution in [2.45, 2.75) is 105 Å². The van der Waals surface area contributed by atoms with Crippen LogP contribution in [-0.4, -0.2) is 5.78 Å². The highest BCUT2D eigenvalue weighted by atomic mass is 16.1. The third kappa shape index (κ3) is 6.05. The molecule has 0 aromatic heterocycles. The maximum atomic E-state index is 12.3. The van der Waals surface area contributed by atoms with Crippen molar-refractivity contribution in [1.29, 1.82) is 0 Å². The highest BCUT2D eigenvalue weighted by molar-refractivity contribution is 5.78. The maximum absolute atomic E-state index is 12.3. The van der Waals surface area contributed by atoms with E-state index in [1.807, 2.05) is 0 Å². The van der Waals surface area contributed by atoms with E-state index >= 15 is 0 Å². The van der Waals surface area contributed by atoms with Crippen molar-refractivity contribution in [3.63, 3.8) is 0 Å². The molecule has 0 radical (unpaired) electrons. The van der Waals surface area contributed by atoms with Crippen LogP contribution in [0.5, 0.6) is 0 Å². The van der Waals surface area contributed by atoms with Crippen LogP contribution in [0.25, 0.3) is 0 Å². The molecule has 0 aliphatic heterocycles. The SMILES string of the molecule is CC1(C)CCCC(CCC(=O)CCC2CCCC(C)(C)C2)C1. The Morgan fingerprint density at radius 2 is 1.23 bits per heavy atom. The Hall–Kier alpha value is -0.330. The van der Waals surface area contributed by atoms with Gasteiger partial charge in [0.05, 0.1) is 0 Å². The first-order valence-electron chi connectivity index (χ1n) is 9.77. The second-order valence-corrected chi connectivity index (χ2v) is 9.87. The zero-order valence-corrected chi connectivity index (χ0v) is 15.5. The summed E-state index contributed by atoms with van der Waals surface area (Å²) in [5.74, 6) is 2.15. The van der Waals surface area contributed by atoms with Gasteiger partial charge < -0.3 is 0 Å². The molecule has 0 saturated heterocycles. The Balaban J connectivity index is 1.64. The Morgan fingerprint density at radius 3 is 1.59 bits per heavy atom. The van der Waals surface area contributed by atoms with E-state index in [9.17, 15) is 4.79 Å². The van der Waals surface area contributed by atoms with Crippen molar-refractivity contribution in [2.75, 3.05) is 0 Å². The summed E-state index contributed by atoms with van der Waals surface area (Å²) in [6.45, 7) is 9.58. The average Bonchev–Trinajstić information content (AvgIpc) is 2.41. The van der Waals surface area contributed by atoms with Crippen LogP contribution in [0.3, 0.4) is 0 Å². The molecule has 2 saturated carbocycles. The molecule has 0 N–H and O–H groups in total. The molecule has 0 aromatic carbocycles. The second-order valence-electron chi connectivity index (χ2n) is 9.87. The first-order chi connectivity index (χ1) is 10.3. The summed E-state index contributed by atoms with van der Waals surface area (Å²) in [7, 11) is 0. The van der Waals surface area contributed by atoms with Crippen molar-refractivity contribution in [3.05, 3.63) is 0 Å². The molecule has 128 valence electrons. The molecule has 2 unspecified atom stereocenters. The summed E-state index contributed by atoms with van der Waals surface area (Å²) in [6.07, 6.45) is 14.8. The Kier molecular flexibility index (Phi) is 6.14. The molecule has 0 heterocycles. The lowest BCUT2D eigenvalue weighted by atomic mass is 9.70. The molecule has 2 atom stereocenters. The second kappa shape index (κ2) is 7.49. The molecule has 2 aliphatic carbocycles. The summed E-state index contributed by atoms with van der Waals surface area (Å²) in [6, 6.07) is 0. The van der Waals surface area contributed by atoms with E-state index < -0.39 is 0 Å². The number of carbonyl (C=O) groups excluding carboxylic acids is 1. The van der Waals surface area contributed by atoms with Gasteiger partial charge in [-0.15, -0.1) is 0 Å². The molecule has 0 amide bonds. The van der Waals surface area contributed by atoms with Gasteiger partial charge in [-0.25, -0.2) is 0 Å². The van der Waals surface area contributed by atoms with Crippen molar-refractivity contribution in [1.82, 2.24) is 0 Å². The van der Waals surface area contributed by atoms with Crippen molar-refractivity contribution in [2.24, 2.45) is 22.7 Å². The third-order valence-electron chi connectivity index (χ3n) is 6.28. The van der Waals surface area contributed by atoms with Gasteiger partial charge in [0.15, 0.2) is 0 Å². The van der Waals surface area contributed by atoms with Gasteiger partial charge in [-0.05, 0) is 61.2 Å². The van der Waals surface area contributed by atoms with Crippen LogP contribution in [0.2, 0.25) is 0 Å². The van der Waals surface area contributed by atoms with Gasteiger partial charge in [0, 0.05) is 12.8 Å². The summed E-state index contributed by atoms with van der Waals surface area (Å²) in [5.41, 5.74) is 1.03. The standard InChI is InChI=1S/C21H38O/c1-20(2)13-5-7-17(15-20)9-11-19(22)12-10-18-8-6-14-21(3,4)16-18/h17-18H,5-16H2,1-4H3. The van der Waals surface area contributed by atoms with Crippen LogP contribution in [0.15, 0.2) is 0 Å². The zero-order valence-electron chi connectivity index (χ0n) is 15.5. The highest BCUT2D eigenvalue weighted by Gasteiger charge is 2.29. The number of Topliss-reactive ketones (excluding diaryl/α,β-unsaturated/α-hetero) is 1. The number of hydrogen-bond acceptors (Lipinski definition) is 1. The molecule has 22 heavy (non-hydrogen) atoms. The Bertz CT molecular complexity index is 332. The number of rotatable bonds is 6. The zero-order chi connectivity index (χ0) is 16.2. The number of ketones is 1. The number of hydrogen-bond donors (Lipinski definition) is 0. The molecule has 0 spiro atoms. The largest absolute Gasteiger partial charge is 0.300 e. The highest BCUT2D eigenvalue weighted by Crippen LogP contribution is 2.41. The van der Waals surface area contributed by atoms with Crippen LogP contribution in [0.4, 0.5) is 0 Å². The molecule has 1 heteroatoms. The minimum absolute atomic E-state index is 0.514. The summed E-state index contributed by atoms with van der Waals surface area (Å²) >= 11 is 0. The van der Waals surface area contributed by atoms with Crippen molar-refractivity contribution in [3.8, 4) is 0 Å². The lowest BCUT2D eigenvalue weighted by Crippen LogP contribution is -2.24. The van der Waals surface area contributed by atoms with Gasteiger partial charge in [-0.1, -0.05) is 53.4 Å². The fourth-order valence-corrected chi connectivity index (χ4v) is 5.06. The predicted octanol–water partition coefficient (Wildman–Crippen LogP) is 6.55. The van der Waals surface area contributed by atoms with Gasteiger partial charge in [0.1, 0.15) is 5.78 Å². The van der Waals surface area contributed by atoms with Gasteiger partial charge in [0.2, 0.25) is 0 Å². The van der Waals surface area contributed by atoms with Crippen LogP contribution >= 0.6 is 0 Å². The summed E-state index contributed by atoms with van der Waals surface area (Å²) in [5, 5.41) is 0. The van der Waals surface area contributed by atoms with Gasteiger partial charge in [0.25, 0.3) is 0 Å². The molecule has 0 aromatic rings. The predicted molar refractivity (Wildman–Crippen MR) is 95.0 cm³/mol. The lowest BCUT2D eigenvalue weighted by molar-refractivity contribution is -0.119. The fraction of sp³-hybridized carbons (Fsp3) is 0.952. The molecular weight excluding hydrogens is 268 g/mol. The van der Waals surface area contributed by atoms with E-state index in [1.165, 1.54) is 51.4 Å². The van der Waals surface area contributed by atoms with E-state index in [1.54, 1.807) is 0 Å². The maximum Gasteiger partial charge on any atom is 0.132 e. The van der Waals surface area contributed by atoms with E-state index in [4.69, 9.17) is 0 Å². The number of carbonyl (C=O) groups is 1. The van der Waals surface area contributed by atoms with E-state index in [0.717, 1.165) is 37.5 Å². The fourth-order valence-electron chi connectivity index (χ4n) is 5.06. The lowest BCUT2D eigenvalue weighted by Gasteiger charge is -2.35. The third-order valence-corrected chi connectivity index (χ3v) is 6.28. The first kappa shape index (κ1) is 18.0. The molecule has 2 fully saturated rings. The quantitative estimate of drug-likeness (QED) is 0.544. The van der Waals surface area contributed by atoms with E-state index in [2.05, 4.69) is 27.7 Å². The molecular formula is C21H38O. The summed E-state index contributed by atoms with van der Waals surface area (Å²) < 4.78 is 0. The van der Waals surface area contributed by atoms with Crippen LogP contribution in [0, 0.1) is 22.7 Å². The van der Waals surface area contributed by atoms with Crippen molar-refractivity contribution >= 4 is 5.78 Å². The molecule has 2 rings (SSSR count). The Morgan fingerprint density at radius 1 is 0.818 bits per heavy atom. The van der Waals surface area contributed by atoms with E-state index in [-0.39, 0.29) is 0 Å². The first-order valence-corrected chi connectivity index (χ1v) is 9.77. The van der Waals surface area contributed by atoms with Crippen LogP contribution < -0.4 is 0 Å². The van der Waals surface area contributed by atoms with E-state index in [0.29, 0.717) is 16.6 Å². The van der Waals surface area contributed by atoms with Crippen molar-refractivity contribution < 1.29 is 4.79 Å². The normalized spacial score (nSPS) is 30.9. The topological polar surface area (TPSA) is 17.1 Å². The molecule has 2 aliphatic rings. The minimum atomic E-state index is 0.514. The molecule has 1 nitrogen and oxygen atoms in total. The van der Waals surface area contributed by atoms with Gasteiger partial charge >= 0.3 is 0 Å². The smallest absolute Gasteiger partial charge is 0.132 e. The minimum Gasteiger partial charge on any atom is -0.300 e. The average molecular weight is 307 g/mol. The molecule has 0 bridgehead atoms. The Labute approximate surface area is 138 Å². The van der Waals surface area contributed by atoms with Gasteiger partial charge in [-0.3, -0.25) is 4.79 Å². The van der Waals surface area contributed by atoms with Crippen LogP contribution in [0.1, 0.15) is 105 Å².